The van der Waals surface area contributed by atoms with Crippen molar-refractivity contribution in [1.82, 2.24) is 0 Å². The first-order valence-electron chi connectivity index (χ1n) is 5.29. The molecule has 3 nitrogen and oxygen atoms in total. The molecule has 0 spiro atoms. The highest BCUT2D eigenvalue weighted by molar-refractivity contribution is 6.36. The third kappa shape index (κ3) is 3.16. The quantitative estimate of drug-likeness (QED) is 0.824. The van der Waals surface area contributed by atoms with E-state index in [4.69, 9.17) is 28.9 Å². The van der Waals surface area contributed by atoms with Crippen molar-refractivity contribution in [3.05, 3.63) is 57.8 Å². The molecule has 0 saturated heterocycles. The Morgan fingerprint density at radius 1 is 1.16 bits per heavy atom. The highest BCUT2D eigenvalue weighted by atomic mass is 35.5. The van der Waals surface area contributed by atoms with Crippen molar-refractivity contribution in [2.24, 2.45) is 0 Å². The number of amides is 1. The van der Waals surface area contributed by atoms with Crippen LogP contribution >= 0.6 is 23.2 Å². The van der Waals surface area contributed by atoms with Crippen molar-refractivity contribution < 1.29 is 9.18 Å². The Labute approximate surface area is 119 Å². The maximum atomic E-state index is 13.1. The average Bonchev–Trinajstić information content (AvgIpc) is 2.36. The SMILES string of the molecule is Nc1ccc(F)cc1NC(=O)c1cc(Cl)ccc1Cl. The van der Waals surface area contributed by atoms with Crippen LogP contribution in [0.4, 0.5) is 15.8 Å². The molecular formula is C13H9Cl2FN2O. The molecule has 6 heteroatoms. The normalized spacial score (nSPS) is 10.3. The number of carbonyl (C=O) groups excluding carboxylic acids is 1. The minimum atomic E-state index is -0.509. The lowest BCUT2D eigenvalue weighted by Crippen LogP contribution is -2.14. The molecule has 0 aliphatic heterocycles. The van der Waals surface area contributed by atoms with Gasteiger partial charge in [-0.2, -0.15) is 0 Å². The Bertz CT molecular complexity index is 647. The van der Waals surface area contributed by atoms with Crippen molar-refractivity contribution in [2.45, 2.75) is 0 Å². The molecule has 0 aliphatic carbocycles. The van der Waals surface area contributed by atoms with Crippen molar-refractivity contribution >= 4 is 40.5 Å². The van der Waals surface area contributed by atoms with Gasteiger partial charge in [0, 0.05) is 5.02 Å². The molecule has 98 valence electrons. The fraction of sp³-hybridized carbons (Fsp3) is 0. The fourth-order valence-corrected chi connectivity index (χ4v) is 1.87. The van der Waals surface area contributed by atoms with Crippen LogP contribution in [0.5, 0.6) is 0 Å². The molecule has 0 fully saturated rings. The molecule has 19 heavy (non-hydrogen) atoms. The summed E-state index contributed by atoms with van der Waals surface area (Å²) in [6.45, 7) is 0. The van der Waals surface area contributed by atoms with Crippen LogP contribution in [0.25, 0.3) is 0 Å². The lowest BCUT2D eigenvalue weighted by molar-refractivity contribution is 0.102. The molecule has 0 unspecified atom stereocenters. The molecule has 0 radical (unpaired) electrons. The lowest BCUT2D eigenvalue weighted by Gasteiger charge is -2.09. The average molecular weight is 299 g/mol. The number of nitrogens with one attached hydrogen (secondary N) is 1. The second kappa shape index (κ2) is 5.47. The van der Waals surface area contributed by atoms with Gasteiger partial charge >= 0.3 is 0 Å². The Morgan fingerprint density at radius 3 is 2.63 bits per heavy atom. The van der Waals surface area contributed by atoms with Crippen molar-refractivity contribution in [3.63, 3.8) is 0 Å². The molecule has 0 heterocycles. The molecule has 1 amide bonds. The number of carbonyl (C=O) groups is 1. The van der Waals surface area contributed by atoms with Gasteiger partial charge in [0.25, 0.3) is 5.91 Å². The van der Waals surface area contributed by atoms with Crippen molar-refractivity contribution in [2.75, 3.05) is 11.1 Å². The van der Waals surface area contributed by atoms with E-state index in [2.05, 4.69) is 5.32 Å². The van der Waals surface area contributed by atoms with Crippen LogP contribution in [0.3, 0.4) is 0 Å². The zero-order chi connectivity index (χ0) is 14.0. The second-order valence-corrected chi connectivity index (χ2v) is 4.65. The van der Waals surface area contributed by atoms with E-state index in [-0.39, 0.29) is 22.0 Å². The van der Waals surface area contributed by atoms with Gasteiger partial charge in [-0.3, -0.25) is 4.79 Å². The van der Waals surface area contributed by atoms with E-state index in [1.54, 1.807) is 6.07 Å². The van der Waals surface area contributed by atoms with Gasteiger partial charge in [-0.15, -0.1) is 0 Å². The second-order valence-electron chi connectivity index (χ2n) is 3.81. The number of hydrogen-bond donors (Lipinski definition) is 2. The first kappa shape index (κ1) is 13.6. The molecule has 2 aromatic carbocycles. The van der Waals surface area contributed by atoms with Crippen LogP contribution < -0.4 is 11.1 Å². The summed E-state index contributed by atoms with van der Waals surface area (Å²) in [5.74, 6) is -1.01. The largest absolute Gasteiger partial charge is 0.397 e. The molecule has 3 N–H and O–H groups in total. The molecule has 0 aromatic heterocycles. The van der Waals surface area contributed by atoms with E-state index in [9.17, 15) is 9.18 Å². The number of benzene rings is 2. The zero-order valence-corrected chi connectivity index (χ0v) is 11.1. The maximum absolute atomic E-state index is 13.1. The third-order valence-corrected chi connectivity index (χ3v) is 3.00. The molecule has 2 rings (SSSR count). The van der Waals surface area contributed by atoms with Gasteiger partial charge in [0.05, 0.1) is 22.0 Å². The monoisotopic (exact) mass is 298 g/mol. The molecule has 0 bridgehead atoms. The predicted molar refractivity (Wildman–Crippen MR) is 75.2 cm³/mol. The number of rotatable bonds is 2. The standard InChI is InChI=1S/C13H9Cl2FN2O/c14-7-1-3-10(15)9(5-7)13(19)18-12-6-8(16)2-4-11(12)17/h1-6H,17H2,(H,18,19). The Hall–Kier alpha value is -1.78. The van der Waals surface area contributed by atoms with Crippen LogP contribution in [-0.4, -0.2) is 5.91 Å². The smallest absolute Gasteiger partial charge is 0.257 e. The van der Waals surface area contributed by atoms with Gasteiger partial charge in [-0.25, -0.2) is 4.39 Å². The summed E-state index contributed by atoms with van der Waals surface area (Å²) in [5.41, 5.74) is 6.27. The number of anilines is 2. The zero-order valence-electron chi connectivity index (χ0n) is 9.58. The molecule has 0 atom stereocenters. The van der Waals surface area contributed by atoms with Gasteiger partial charge in [0.1, 0.15) is 5.82 Å². The minimum Gasteiger partial charge on any atom is -0.397 e. The summed E-state index contributed by atoms with van der Waals surface area (Å²) in [6, 6.07) is 8.20. The number of nitrogens with two attached hydrogens (primary N) is 1. The van der Waals surface area contributed by atoms with Gasteiger partial charge in [-0.05, 0) is 36.4 Å². The molecule has 2 aromatic rings. The summed E-state index contributed by atoms with van der Waals surface area (Å²) in [4.78, 5) is 12.0. The first-order valence-corrected chi connectivity index (χ1v) is 6.04. The summed E-state index contributed by atoms with van der Waals surface area (Å²) in [6.07, 6.45) is 0. The van der Waals surface area contributed by atoms with Crippen molar-refractivity contribution in [3.8, 4) is 0 Å². The van der Waals surface area contributed by atoms with E-state index in [1.807, 2.05) is 0 Å². The highest BCUT2D eigenvalue weighted by Gasteiger charge is 2.13. The number of nitrogen functional groups attached to an aromatic ring is 1. The van der Waals surface area contributed by atoms with E-state index < -0.39 is 11.7 Å². The molecular weight excluding hydrogens is 290 g/mol. The van der Waals surface area contributed by atoms with Gasteiger partial charge < -0.3 is 11.1 Å². The van der Waals surface area contributed by atoms with Gasteiger partial charge in [0.2, 0.25) is 0 Å². The van der Waals surface area contributed by atoms with E-state index in [0.29, 0.717) is 5.02 Å². The Balaban J connectivity index is 2.30. The lowest BCUT2D eigenvalue weighted by atomic mass is 10.2. The van der Waals surface area contributed by atoms with Crippen LogP contribution in [0.2, 0.25) is 10.0 Å². The van der Waals surface area contributed by atoms with Crippen LogP contribution in [0.15, 0.2) is 36.4 Å². The molecule has 0 saturated carbocycles. The first-order chi connectivity index (χ1) is 8.97. The maximum Gasteiger partial charge on any atom is 0.257 e. The van der Waals surface area contributed by atoms with E-state index in [1.165, 1.54) is 24.3 Å². The Kier molecular flexibility index (Phi) is 3.93. The van der Waals surface area contributed by atoms with E-state index >= 15 is 0 Å². The predicted octanol–water partition coefficient (Wildman–Crippen LogP) is 3.97. The van der Waals surface area contributed by atoms with Crippen LogP contribution in [0.1, 0.15) is 10.4 Å². The fourth-order valence-electron chi connectivity index (χ4n) is 1.50. The summed E-state index contributed by atoms with van der Waals surface area (Å²) < 4.78 is 13.1. The number of halogens is 3. The molecule has 0 aliphatic rings. The van der Waals surface area contributed by atoms with Gasteiger partial charge in [0.15, 0.2) is 0 Å². The van der Waals surface area contributed by atoms with Crippen LogP contribution in [-0.2, 0) is 0 Å². The summed E-state index contributed by atoms with van der Waals surface area (Å²) >= 11 is 11.7. The van der Waals surface area contributed by atoms with Crippen molar-refractivity contribution in [1.29, 1.82) is 0 Å². The topological polar surface area (TPSA) is 55.1 Å². The Morgan fingerprint density at radius 2 is 1.89 bits per heavy atom. The number of hydrogen-bond acceptors (Lipinski definition) is 2. The minimum absolute atomic E-state index is 0.182. The third-order valence-electron chi connectivity index (χ3n) is 2.44. The van der Waals surface area contributed by atoms with E-state index in [0.717, 1.165) is 6.07 Å². The summed E-state index contributed by atoms with van der Waals surface area (Å²) in [5, 5.41) is 3.11. The van der Waals surface area contributed by atoms with Crippen LogP contribution in [0, 0.1) is 5.82 Å². The highest BCUT2D eigenvalue weighted by Crippen LogP contribution is 2.24. The summed E-state index contributed by atoms with van der Waals surface area (Å²) in [7, 11) is 0. The van der Waals surface area contributed by atoms with Gasteiger partial charge in [-0.1, -0.05) is 23.2 Å².